The highest BCUT2D eigenvalue weighted by atomic mass is 16.2. The second-order valence-electron chi connectivity index (χ2n) is 5.80. The van der Waals surface area contributed by atoms with Crippen LogP contribution < -0.4 is 10.6 Å². The molecular formula is C16H16N4O. The van der Waals surface area contributed by atoms with Crippen LogP contribution in [0.25, 0.3) is 5.52 Å². The topological polar surface area (TPSA) is 58.4 Å². The molecule has 0 aromatic carbocycles. The van der Waals surface area contributed by atoms with Gasteiger partial charge in [-0.2, -0.15) is 0 Å². The number of carbonyl (C=O) groups excluding carboxylic acids is 1. The Balaban J connectivity index is 1.58. The van der Waals surface area contributed by atoms with Crippen molar-refractivity contribution in [1.82, 2.24) is 20.0 Å². The lowest BCUT2D eigenvalue weighted by molar-refractivity contribution is 0.0926. The highest BCUT2D eigenvalue weighted by molar-refractivity contribution is 5.94. The van der Waals surface area contributed by atoms with E-state index in [2.05, 4.69) is 21.5 Å². The van der Waals surface area contributed by atoms with Crippen molar-refractivity contribution in [3.63, 3.8) is 0 Å². The number of rotatable bonds is 2. The van der Waals surface area contributed by atoms with E-state index in [1.54, 1.807) is 12.4 Å². The lowest BCUT2D eigenvalue weighted by Gasteiger charge is -2.21. The van der Waals surface area contributed by atoms with Crippen LogP contribution in [0.2, 0.25) is 0 Å². The number of hydrogen-bond donors (Lipinski definition) is 2. The molecule has 5 nitrogen and oxygen atoms in total. The van der Waals surface area contributed by atoms with Gasteiger partial charge in [0.1, 0.15) is 12.0 Å². The molecule has 2 aromatic rings. The fourth-order valence-electron chi connectivity index (χ4n) is 3.48. The monoisotopic (exact) mass is 280 g/mol. The smallest absolute Gasteiger partial charge is 0.270 e. The maximum atomic E-state index is 12.4. The van der Waals surface area contributed by atoms with E-state index in [4.69, 9.17) is 6.42 Å². The van der Waals surface area contributed by atoms with Crippen LogP contribution in [-0.2, 0) is 0 Å². The fourth-order valence-corrected chi connectivity index (χ4v) is 3.48. The Bertz CT molecular complexity index is 757. The molecule has 0 saturated carbocycles. The Morgan fingerprint density at radius 1 is 1.52 bits per heavy atom. The van der Waals surface area contributed by atoms with E-state index in [-0.39, 0.29) is 11.9 Å². The van der Waals surface area contributed by atoms with Gasteiger partial charge in [0.15, 0.2) is 0 Å². The number of aromatic nitrogens is 2. The van der Waals surface area contributed by atoms with Crippen molar-refractivity contribution < 1.29 is 4.79 Å². The van der Waals surface area contributed by atoms with Gasteiger partial charge in [0, 0.05) is 29.9 Å². The first kappa shape index (κ1) is 12.4. The van der Waals surface area contributed by atoms with Crippen molar-refractivity contribution in [3.8, 4) is 12.3 Å². The van der Waals surface area contributed by atoms with Crippen LogP contribution in [0.15, 0.2) is 24.7 Å². The molecule has 0 radical (unpaired) electrons. The molecule has 3 atom stereocenters. The minimum absolute atomic E-state index is 0.124. The molecule has 0 unspecified atom stereocenters. The average Bonchev–Trinajstić information content (AvgIpc) is 3.21. The molecule has 0 aliphatic carbocycles. The Labute approximate surface area is 122 Å². The zero-order valence-electron chi connectivity index (χ0n) is 11.5. The molecular weight excluding hydrogens is 264 g/mol. The van der Waals surface area contributed by atoms with Crippen LogP contribution in [0.3, 0.4) is 0 Å². The maximum absolute atomic E-state index is 12.4. The molecule has 2 fully saturated rings. The number of amides is 1. The van der Waals surface area contributed by atoms with Gasteiger partial charge in [0.2, 0.25) is 0 Å². The van der Waals surface area contributed by atoms with Crippen LogP contribution in [0.1, 0.15) is 35.3 Å². The number of hydrogen-bond acceptors (Lipinski definition) is 3. The first-order valence-corrected chi connectivity index (χ1v) is 7.25. The Morgan fingerprint density at radius 3 is 3.14 bits per heavy atom. The van der Waals surface area contributed by atoms with Gasteiger partial charge in [-0.05, 0) is 31.4 Å². The molecule has 0 spiro atoms. The van der Waals surface area contributed by atoms with Gasteiger partial charge in [-0.3, -0.25) is 4.79 Å². The van der Waals surface area contributed by atoms with Crippen LogP contribution in [-0.4, -0.2) is 33.4 Å². The second kappa shape index (κ2) is 4.61. The number of nitrogens with zero attached hydrogens (tertiary/aromatic N) is 2. The average molecular weight is 280 g/mol. The van der Waals surface area contributed by atoms with E-state index >= 15 is 0 Å². The number of carbonyl (C=O) groups is 1. The summed E-state index contributed by atoms with van der Waals surface area (Å²) in [6, 6.07) is 4.80. The predicted molar refractivity (Wildman–Crippen MR) is 78.9 cm³/mol. The third kappa shape index (κ3) is 1.99. The van der Waals surface area contributed by atoms with E-state index < -0.39 is 0 Å². The number of fused-ring (bicyclic) bond motifs is 3. The van der Waals surface area contributed by atoms with Gasteiger partial charge >= 0.3 is 0 Å². The van der Waals surface area contributed by atoms with Crippen LogP contribution in [0, 0.1) is 12.3 Å². The summed E-state index contributed by atoms with van der Waals surface area (Å²) in [5.41, 5.74) is 2.03. The van der Waals surface area contributed by atoms with Crippen molar-refractivity contribution in [2.45, 2.75) is 37.4 Å². The molecule has 5 heteroatoms. The van der Waals surface area contributed by atoms with Crippen molar-refractivity contribution >= 4 is 11.4 Å². The van der Waals surface area contributed by atoms with Crippen molar-refractivity contribution in [1.29, 1.82) is 0 Å². The fraction of sp³-hybridized carbons (Fsp3) is 0.375. The van der Waals surface area contributed by atoms with Crippen LogP contribution in [0.5, 0.6) is 0 Å². The first-order valence-electron chi connectivity index (χ1n) is 7.25. The van der Waals surface area contributed by atoms with Crippen LogP contribution in [0.4, 0.5) is 0 Å². The molecule has 2 bridgehead atoms. The molecule has 2 N–H and O–H groups in total. The predicted octanol–water partition coefficient (Wildman–Crippen LogP) is 0.938. The molecule has 4 rings (SSSR count). The molecule has 21 heavy (non-hydrogen) atoms. The van der Waals surface area contributed by atoms with E-state index in [9.17, 15) is 4.79 Å². The molecule has 2 saturated heterocycles. The molecule has 106 valence electrons. The Kier molecular flexibility index (Phi) is 2.72. The van der Waals surface area contributed by atoms with Crippen molar-refractivity contribution in [2.24, 2.45) is 0 Å². The van der Waals surface area contributed by atoms with E-state index in [0.29, 0.717) is 17.8 Å². The quantitative estimate of drug-likeness (QED) is 0.805. The summed E-state index contributed by atoms with van der Waals surface area (Å²) in [5, 5.41) is 6.61. The van der Waals surface area contributed by atoms with Crippen molar-refractivity contribution in [3.05, 3.63) is 35.9 Å². The van der Waals surface area contributed by atoms with Gasteiger partial charge in [0.05, 0.1) is 5.52 Å². The number of terminal acetylenes is 1. The highest BCUT2D eigenvalue weighted by Gasteiger charge is 2.39. The summed E-state index contributed by atoms with van der Waals surface area (Å²) in [7, 11) is 0. The van der Waals surface area contributed by atoms with Gasteiger partial charge in [0.25, 0.3) is 5.91 Å². The molecule has 4 heterocycles. The normalized spacial score (nSPS) is 26.9. The molecule has 2 aromatic heterocycles. The summed E-state index contributed by atoms with van der Waals surface area (Å²) in [6.45, 7) is 0. The SMILES string of the molecule is C#Cc1ccn2cnc(C(=O)N[C@@H]3C[C@H]4CC[C@@H]3N4)cc12. The van der Waals surface area contributed by atoms with Crippen molar-refractivity contribution in [2.75, 3.05) is 0 Å². The minimum atomic E-state index is -0.124. The highest BCUT2D eigenvalue weighted by Crippen LogP contribution is 2.28. The van der Waals surface area contributed by atoms with Crippen LogP contribution >= 0.6 is 0 Å². The van der Waals surface area contributed by atoms with Gasteiger partial charge in [-0.1, -0.05) is 5.92 Å². The summed E-state index contributed by atoms with van der Waals surface area (Å²) in [4.78, 5) is 16.6. The largest absolute Gasteiger partial charge is 0.346 e. The lowest BCUT2D eigenvalue weighted by Crippen LogP contribution is -2.43. The lowest BCUT2D eigenvalue weighted by atomic mass is 9.95. The summed E-state index contributed by atoms with van der Waals surface area (Å²) >= 11 is 0. The van der Waals surface area contributed by atoms with E-state index in [1.807, 2.05) is 16.7 Å². The summed E-state index contributed by atoms with van der Waals surface area (Å²) in [6.07, 6.45) is 12.3. The summed E-state index contributed by atoms with van der Waals surface area (Å²) in [5.74, 6) is 2.50. The number of nitrogens with one attached hydrogen (secondary N) is 2. The zero-order valence-corrected chi connectivity index (χ0v) is 11.5. The third-order valence-electron chi connectivity index (χ3n) is 4.56. The zero-order chi connectivity index (χ0) is 14.4. The standard InChI is InChI=1S/C16H16N4O/c1-2-10-5-6-20-9-17-14(8-15(10)20)16(21)19-13-7-11-3-4-12(13)18-11/h1,5-6,8-9,11-13,18H,3-4,7H2,(H,19,21)/t11-,12+,13-/m1/s1. The van der Waals surface area contributed by atoms with E-state index in [0.717, 1.165) is 23.9 Å². The molecule has 2 aliphatic heterocycles. The summed E-state index contributed by atoms with van der Waals surface area (Å²) < 4.78 is 1.82. The first-order chi connectivity index (χ1) is 10.2. The van der Waals surface area contributed by atoms with Gasteiger partial charge < -0.3 is 15.0 Å². The van der Waals surface area contributed by atoms with Gasteiger partial charge in [-0.15, -0.1) is 6.42 Å². The molecule has 2 aliphatic rings. The minimum Gasteiger partial charge on any atom is -0.346 e. The second-order valence-corrected chi connectivity index (χ2v) is 5.80. The maximum Gasteiger partial charge on any atom is 0.270 e. The van der Waals surface area contributed by atoms with Gasteiger partial charge in [-0.25, -0.2) is 4.98 Å². The third-order valence-corrected chi connectivity index (χ3v) is 4.56. The Morgan fingerprint density at radius 2 is 2.43 bits per heavy atom. The van der Waals surface area contributed by atoms with E-state index in [1.165, 1.54) is 6.42 Å². The Hall–Kier alpha value is -2.32. The molecule has 1 amide bonds.